The van der Waals surface area contributed by atoms with Crippen LogP contribution in [0.1, 0.15) is 45.4 Å². The first-order valence-corrected chi connectivity index (χ1v) is 6.29. The molecule has 0 aromatic heterocycles. The number of nitrogens with two attached hydrogens (primary N) is 1. The molecule has 0 radical (unpaired) electrons. The zero-order chi connectivity index (χ0) is 9.97. The zero-order valence-corrected chi connectivity index (χ0v) is 9.41. The summed E-state index contributed by atoms with van der Waals surface area (Å²) in [4.78, 5) is 2.72. The Balaban J connectivity index is 1.79. The second kappa shape index (κ2) is 4.63. The fourth-order valence-electron chi connectivity index (χ4n) is 2.99. The molecule has 1 saturated heterocycles. The molecule has 1 aliphatic carbocycles. The van der Waals surface area contributed by atoms with Gasteiger partial charge in [0.15, 0.2) is 0 Å². The molecule has 0 bridgehead atoms. The minimum Gasteiger partial charge on any atom is -0.328 e. The lowest BCUT2D eigenvalue weighted by Gasteiger charge is -2.33. The Bertz CT molecular complexity index is 173. The van der Waals surface area contributed by atoms with Gasteiger partial charge in [0.1, 0.15) is 0 Å². The first kappa shape index (κ1) is 10.4. The van der Waals surface area contributed by atoms with Crippen molar-refractivity contribution in [2.24, 2.45) is 11.7 Å². The van der Waals surface area contributed by atoms with E-state index >= 15 is 0 Å². The average molecular weight is 196 g/mol. The number of rotatable bonds is 2. The van der Waals surface area contributed by atoms with E-state index in [2.05, 4.69) is 11.8 Å². The number of hydrogen-bond donors (Lipinski definition) is 1. The smallest absolute Gasteiger partial charge is 0.00965 e. The molecule has 2 rings (SSSR count). The summed E-state index contributed by atoms with van der Waals surface area (Å²) in [6.07, 6.45) is 7.98. The normalized spacial score (nSPS) is 40.3. The van der Waals surface area contributed by atoms with E-state index in [1.807, 2.05) is 0 Å². The predicted octanol–water partition coefficient (Wildman–Crippen LogP) is 1.99. The molecule has 1 saturated carbocycles. The largest absolute Gasteiger partial charge is 0.328 e. The predicted molar refractivity (Wildman–Crippen MR) is 60.2 cm³/mol. The maximum Gasteiger partial charge on any atom is 0.00965 e. The third-order valence-corrected chi connectivity index (χ3v) is 4.15. The molecule has 1 aliphatic heterocycles. The van der Waals surface area contributed by atoms with Crippen LogP contribution >= 0.6 is 0 Å². The molecule has 0 amide bonds. The van der Waals surface area contributed by atoms with Gasteiger partial charge in [0.25, 0.3) is 0 Å². The van der Waals surface area contributed by atoms with Gasteiger partial charge in [-0.3, -0.25) is 0 Å². The highest BCUT2D eigenvalue weighted by atomic mass is 15.2. The van der Waals surface area contributed by atoms with Crippen molar-refractivity contribution in [1.82, 2.24) is 4.90 Å². The van der Waals surface area contributed by atoms with E-state index in [9.17, 15) is 0 Å². The van der Waals surface area contributed by atoms with Crippen molar-refractivity contribution in [3.63, 3.8) is 0 Å². The Morgan fingerprint density at radius 2 is 1.86 bits per heavy atom. The third kappa shape index (κ3) is 2.29. The van der Waals surface area contributed by atoms with Crippen LogP contribution in [0.5, 0.6) is 0 Å². The van der Waals surface area contributed by atoms with E-state index < -0.39 is 0 Å². The van der Waals surface area contributed by atoms with Crippen LogP contribution in [0.2, 0.25) is 0 Å². The zero-order valence-electron chi connectivity index (χ0n) is 9.41. The number of nitrogens with zero attached hydrogens (tertiary/aromatic N) is 1. The van der Waals surface area contributed by atoms with Gasteiger partial charge < -0.3 is 10.6 Å². The Morgan fingerprint density at radius 1 is 1.14 bits per heavy atom. The van der Waals surface area contributed by atoms with Gasteiger partial charge in [0.05, 0.1) is 0 Å². The van der Waals surface area contributed by atoms with Gasteiger partial charge in [-0.05, 0) is 44.6 Å². The van der Waals surface area contributed by atoms with Crippen molar-refractivity contribution in [2.45, 2.75) is 57.5 Å². The van der Waals surface area contributed by atoms with Crippen molar-refractivity contribution in [3.8, 4) is 0 Å². The van der Waals surface area contributed by atoms with Crippen molar-refractivity contribution < 1.29 is 0 Å². The van der Waals surface area contributed by atoms with Crippen LogP contribution in [0.3, 0.4) is 0 Å². The fourth-order valence-corrected chi connectivity index (χ4v) is 2.99. The lowest BCUT2D eigenvalue weighted by Crippen LogP contribution is -2.39. The van der Waals surface area contributed by atoms with E-state index in [1.54, 1.807) is 0 Å². The van der Waals surface area contributed by atoms with Gasteiger partial charge in [-0.25, -0.2) is 0 Å². The maximum atomic E-state index is 5.93. The summed E-state index contributed by atoms with van der Waals surface area (Å²) in [5.41, 5.74) is 5.93. The van der Waals surface area contributed by atoms with Gasteiger partial charge in [0, 0.05) is 18.6 Å². The third-order valence-electron chi connectivity index (χ3n) is 4.15. The van der Waals surface area contributed by atoms with Gasteiger partial charge >= 0.3 is 0 Å². The summed E-state index contributed by atoms with van der Waals surface area (Å²) in [6, 6.07) is 1.36. The molecule has 2 aliphatic rings. The van der Waals surface area contributed by atoms with Crippen LogP contribution in [0.15, 0.2) is 0 Å². The molecule has 0 aromatic carbocycles. The highest BCUT2D eigenvalue weighted by Crippen LogP contribution is 2.28. The summed E-state index contributed by atoms with van der Waals surface area (Å²) in [5, 5.41) is 0. The molecular weight excluding hydrogens is 172 g/mol. The van der Waals surface area contributed by atoms with E-state index in [0.717, 1.165) is 12.0 Å². The SMILES string of the molecule is CCC1CCN(C2CCC(N)CC2)C1. The number of hydrogen-bond acceptors (Lipinski definition) is 2. The molecule has 0 spiro atoms. The van der Waals surface area contributed by atoms with Crippen LogP contribution in [0.25, 0.3) is 0 Å². The Kier molecular flexibility index (Phi) is 3.45. The van der Waals surface area contributed by atoms with Crippen LogP contribution in [-0.4, -0.2) is 30.1 Å². The van der Waals surface area contributed by atoms with Gasteiger partial charge in [-0.2, -0.15) is 0 Å². The Labute approximate surface area is 87.8 Å². The Morgan fingerprint density at radius 3 is 2.43 bits per heavy atom. The minimum absolute atomic E-state index is 0.496. The molecule has 0 aromatic rings. The first-order valence-electron chi connectivity index (χ1n) is 6.29. The van der Waals surface area contributed by atoms with Crippen LogP contribution in [0.4, 0.5) is 0 Å². The molecule has 2 fully saturated rings. The van der Waals surface area contributed by atoms with Crippen LogP contribution < -0.4 is 5.73 Å². The summed E-state index contributed by atoms with van der Waals surface area (Å²) in [6.45, 7) is 5.03. The standard InChI is InChI=1S/C12H24N2/c1-2-10-7-8-14(9-10)12-5-3-11(13)4-6-12/h10-12H,2-9,13H2,1H3. The first-order chi connectivity index (χ1) is 6.79. The van der Waals surface area contributed by atoms with Gasteiger partial charge in [-0.1, -0.05) is 13.3 Å². The van der Waals surface area contributed by atoms with Crippen LogP contribution in [0, 0.1) is 5.92 Å². The quantitative estimate of drug-likeness (QED) is 0.732. The lowest BCUT2D eigenvalue weighted by molar-refractivity contribution is 0.176. The Hall–Kier alpha value is -0.0800. The average Bonchev–Trinajstić information content (AvgIpc) is 2.67. The monoisotopic (exact) mass is 196 g/mol. The molecule has 1 unspecified atom stereocenters. The molecule has 2 N–H and O–H groups in total. The summed E-state index contributed by atoms with van der Waals surface area (Å²) < 4.78 is 0. The van der Waals surface area contributed by atoms with Crippen molar-refractivity contribution in [2.75, 3.05) is 13.1 Å². The van der Waals surface area contributed by atoms with Crippen molar-refractivity contribution in [1.29, 1.82) is 0 Å². The van der Waals surface area contributed by atoms with Gasteiger partial charge in [-0.15, -0.1) is 0 Å². The summed E-state index contributed by atoms with van der Waals surface area (Å²) in [5.74, 6) is 0.977. The van der Waals surface area contributed by atoms with Crippen molar-refractivity contribution >= 4 is 0 Å². The molecule has 1 atom stereocenters. The molecular formula is C12H24N2. The minimum atomic E-state index is 0.496. The lowest BCUT2D eigenvalue weighted by atomic mass is 9.91. The topological polar surface area (TPSA) is 29.3 Å². The van der Waals surface area contributed by atoms with Crippen LogP contribution in [-0.2, 0) is 0 Å². The molecule has 2 nitrogen and oxygen atoms in total. The highest BCUT2D eigenvalue weighted by molar-refractivity contribution is 4.85. The van der Waals surface area contributed by atoms with E-state index in [0.29, 0.717) is 6.04 Å². The number of likely N-dealkylation sites (tertiary alicyclic amines) is 1. The highest BCUT2D eigenvalue weighted by Gasteiger charge is 2.29. The summed E-state index contributed by atoms with van der Waals surface area (Å²) in [7, 11) is 0. The van der Waals surface area contributed by atoms with Crippen molar-refractivity contribution in [3.05, 3.63) is 0 Å². The summed E-state index contributed by atoms with van der Waals surface area (Å²) >= 11 is 0. The maximum absolute atomic E-state index is 5.93. The fraction of sp³-hybridized carbons (Fsp3) is 1.00. The van der Waals surface area contributed by atoms with E-state index in [4.69, 9.17) is 5.73 Å². The second-order valence-corrected chi connectivity index (χ2v) is 5.13. The van der Waals surface area contributed by atoms with Gasteiger partial charge in [0.2, 0.25) is 0 Å². The molecule has 82 valence electrons. The van der Waals surface area contributed by atoms with E-state index in [1.165, 1.54) is 51.6 Å². The molecule has 2 heteroatoms. The second-order valence-electron chi connectivity index (χ2n) is 5.13. The molecule has 14 heavy (non-hydrogen) atoms. The molecule has 1 heterocycles. The van der Waals surface area contributed by atoms with E-state index in [-0.39, 0.29) is 0 Å².